The lowest BCUT2D eigenvalue weighted by Crippen LogP contribution is -2.40. The average molecular weight is 510 g/mol. The molecule has 1 amide bonds. The van der Waals surface area contributed by atoms with Crippen molar-refractivity contribution in [3.05, 3.63) is 52.5 Å². The Morgan fingerprint density at radius 2 is 1.89 bits per heavy atom. The fraction of sp³-hybridized carbons (Fsp3) is 0.440. The zero-order valence-corrected chi connectivity index (χ0v) is 21.1. The van der Waals surface area contributed by atoms with Crippen molar-refractivity contribution < 1.29 is 27.4 Å². The molecular formula is C25H30F3N3O3S. The van der Waals surface area contributed by atoms with E-state index in [1.165, 1.54) is 35.6 Å². The average Bonchev–Trinajstić information content (AvgIpc) is 3.27. The highest BCUT2D eigenvalue weighted by atomic mass is 32.1. The molecule has 0 atom stereocenters. The SMILES string of the molecule is CC/C(C)=C/Nc1sc(C(=O)N2CCC(OC)CC2)cc1C(C)=Nc1ccc(OC(F)(F)F)cc1. The normalized spacial score (nSPS) is 15.9. The van der Waals surface area contributed by atoms with E-state index < -0.39 is 6.36 Å². The van der Waals surface area contributed by atoms with Crippen molar-refractivity contribution in [2.45, 2.75) is 52.5 Å². The fourth-order valence-corrected chi connectivity index (χ4v) is 4.64. The van der Waals surface area contributed by atoms with E-state index in [9.17, 15) is 18.0 Å². The van der Waals surface area contributed by atoms with Crippen LogP contribution in [0.2, 0.25) is 0 Å². The minimum atomic E-state index is -4.75. The van der Waals surface area contributed by atoms with Gasteiger partial charge in [-0.1, -0.05) is 12.5 Å². The summed E-state index contributed by atoms with van der Waals surface area (Å²) in [5, 5.41) is 4.08. The molecule has 0 spiro atoms. The Morgan fingerprint density at radius 1 is 1.23 bits per heavy atom. The third-order valence-corrected chi connectivity index (χ3v) is 6.82. The molecule has 0 radical (unpaired) electrons. The van der Waals surface area contributed by atoms with Crippen LogP contribution in [0, 0.1) is 0 Å². The highest BCUT2D eigenvalue weighted by Gasteiger charge is 2.31. The number of carbonyl (C=O) groups is 1. The fourth-order valence-electron chi connectivity index (χ4n) is 3.59. The lowest BCUT2D eigenvalue weighted by Gasteiger charge is -2.30. The number of carbonyl (C=O) groups excluding carboxylic acids is 1. The van der Waals surface area contributed by atoms with Crippen molar-refractivity contribution in [2.75, 3.05) is 25.5 Å². The van der Waals surface area contributed by atoms with Gasteiger partial charge in [-0.25, -0.2) is 0 Å². The molecule has 190 valence electrons. The third kappa shape index (κ3) is 7.57. The molecule has 35 heavy (non-hydrogen) atoms. The second-order valence-corrected chi connectivity index (χ2v) is 9.36. The number of rotatable bonds is 8. The molecule has 2 aromatic rings. The molecule has 1 aromatic heterocycles. The molecule has 6 nitrogen and oxygen atoms in total. The van der Waals surface area contributed by atoms with Gasteiger partial charge in [0.1, 0.15) is 10.8 Å². The third-order valence-electron chi connectivity index (χ3n) is 5.77. The number of allylic oxidation sites excluding steroid dienone is 1. The molecule has 1 N–H and O–H groups in total. The molecule has 2 heterocycles. The number of ether oxygens (including phenoxy) is 2. The van der Waals surface area contributed by atoms with Crippen LogP contribution < -0.4 is 10.1 Å². The van der Waals surface area contributed by atoms with Crippen LogP contribution in [0.4, 0.5) is 23.9 Å². The smallest absolute Gasteiger partial charge is 0.406 e. The van der Waals surface area contributed by atoms with Crippen LogP contribution >= 0.6 is 11.3 Å². The van der Waals surface area contributed by atoms with Crippen LogP contribution in [0.3, 0.4) is 0 Å². The maximum absolute atomic E-state index is 13.2. The van der Waals surface area contributed by atoms with E-state index in [1.807, 2.05) is 31.0 Å². The summed E-state index contributed by atoms with van der Waals surface area (Å²) in [4.78, 5) is 20.2. The Labute approximate surface area is 207 Å². The summed E-state index contributed by atoms with van der Waals surface area (Å²) < 4.78 is 46.6. The van der Waals surface area contributed by atoms with Gasteiger partial charge in [0.15, 0.2) is 0 Å². The van der Waals surface area contributed by atoms with Gasteiger partial charge < -0.3 is 19.7 Å². The van der Waals surface area contributed by atoms with Crippen molar-refractivity contribution in [1.29, 1.82) is 0 Å². The van der Waals surface area contributed by atoms with Crippen LogP contribution in [0.15, 0.2) is 47.1 Å². The summed E-state index contributed by atoms with van der Waals surface area (Å²) >= 11 is 1.36. The van der Waals surface area contributed by atoms with Gasteiger partial charge in [-0.15, -0.1) is 24.5 Å². The summed E-state index contributed by atoms with van der Waals surface area (Å²) in [5.41, 5.74) is 3.02. The number of nitrogens with one attached hydrogen (secondary N) is 1. The number of alkyl halides is 3. The number of methoxy groups -OCH3 is 1. The zero-order valence-electron chi connectivity index (χ0n) is 20.2. The van der Waals surface area contributed by atoms with Gasteiger partial charge in [-0.05, 0) is 63.4 Å². The van der Waals surface area contributed by atoms with Crippen LogP contribution in [-0.2, 0) is 4.74 Å². The highest BCUT2D eigenvalue weighted by molar-refractivity contribution is 7.18. The number of benzene rings is 1. The first-order chi connectivity index (χ1) is 16.6. The molecule has 10 heteroatoms. The lowest BCUT2D eigenvalue weighted by molar-refractivity contribution is -0.274. The largest absolute Gasteiger partial charge is 0.573 e. The molecule has 1 saturated heterocycles. The molecule has 0 bridgehead atoms. The first kappa shape index (κ1) is 26.7. The van der Waals surface area contributed by atoms with Crippen LogP contribution in [-0.4, -0.2) is 49.2 Å². The number of nitrogens with zero attached hydrogens (tertiary/aromatic N) is 2. The number of amides is 1. The van der Waals surface area contributed by atoms with E-state index >= 15 is 0 Å². The van der Waals surface area contributed by atoms with Crippen molar-refractivity contribution >= 4 is 33.6 Å². The number of hydrogen-bond acceptors (Lipinski definition) is 6. The summed E-state index contributed by atoms with van der Waals surface area (Å²) in [7, 11) is 1.69. The van der Waals surface area contributed by atoms with Crippen LogP contribution in [0.1, 0.15) is 55.3 Å². The standard InChI is InChI=1S/C25H30F3N3O3S/c1-5-16(2)15-29-23-21(14-22(35-23)24(32)31-12-10-19(33-4)11-13-31)17(3)30-18-6-8-20(9-7-18)34-25(26,27)28/h6-9,14-15,19,29H,5,10-13H2,1-4H3/b16-15+,30-17?. The Hall–Kier alpha value is -2.85. The van der Waals surface area contributed by atoms with E-state index in [0.29, 0.717) is 29.4 Å². The Balaban J connectivity index is 1.86. The van der Waals surface area contributed by atoms with Crippen molar-refractivity contribution in [3.8, 4) is 5.75 Å². The lowest BCUT2D eigenvalue weighted by atomic mass is 10.1. The summed E-state index contributed by atoms with van der Waals surface area (Å²) in [6, 6.07) is 7.18. The highest BCUT2D eigenvalue weighted by Crippen LogP contribution is 2.32. The first-order valence-electron chi connectivity index (χ1n) is 11.4. The second-order valence-electron chi connectivity index (χ2n) is 8.31. The first-order valence-corrected chi connectivity index (χ1v) is 12.2. The zero-order chi connectivity index (χ0) is 25.6. The van der Waals surface area contributed by atoms with Gasteiger partial charge >= 0.3 is 6.36 Å². The van der Waals surface area contributed by atoms with Crippen LogP contribution in [0.5, 0.6) is 5.75 Å². The molecule has 1 fully saturated rings. The number of piperidine rings is 1. The maximum Gasteiger partial charge on any atom is 0.573 e. The Morgan fingerprint density at radius 3 is 2.46 bits per heavy atom. The van der Waals surface area contributed by atoms with Crippen molar-refractivity contribution in [3.63, 3.8) is 0 Å². The minimum absolute atomic E-state index is 0.0310. The van der Waals surface area contributed by atoms with Gasteiger partial charge in [0.25, 0.3) is 5.91 Å². The number of aliphatic imine (C=N–C) groups is 1. The predicted molar refractivity (Wildman–Crippen MR) is 133 cm³/mol. The van der Waals surface area contributed by atoms with E-state index in [1.54, 1.807) is 7.11 Å². The molecular weight excluding hydrogens is 479 g/mol. The van der Waals surface area contributed by atoms with Gasteiger partial charge in [0.2, 0.25) is 0 Å². The van der Waals surface area contributed by atoms with E-state index in [0.717, 1.165) is 35.4 Å². The number of thiophene rings is 1. The molecule has 1 aliphatic rings. The number of anilines is 1. The van der Waals surface area contributed by atoms with Crippen molar-refractivity contribution in [1.82, 2.24) is 4.90 Å². The van der Waals surface area contributed by atoms with E-state index in [2.05, 4.69) is 22.0 Å². The van der Waals surface area contributed by atoms with E-state index in [-0.39, 0.29) is 17.8 Å². The van der Waals surface area contributed by atoms with Gasteiger partial charge in [0.05, 0.1) is 16.7 Å². The predicted octanol–water partition coefficient (Wildman–Crippen LogP) is 6.76. The van der Waals surface area contributed by atoms with Gasteiger partial charge in [-0.3, -0.25) is 9.79 Å². The van der Waals surface area contributed by atoms with Gasteiger partial charge in [0, 0.05) is 37.7 Å². The number of likely N-dealkylation sites (tertiary alicyclic amines) is 1. The summed E-state index contributed by atoms with van der Waals surface area (Å²) in [6.45, 7) is 7.16. The minimum Gasteiger partial charge on any atom is -0.406 e. The quantitative estimate of drug-likeness (QED) is 0.399. The second kappa shape index (κ2) is 11.7. The Kier molecular flexibility index (Phi) is 8.96. The van der Waals surface area contributed by atoms with E-state index in [4.69, 9.17) is 4.74 Å². The number of halogens is 3. The van der Waals surface area contributed by atoms with Crippen LogP contribution in [0.25, 0.3) is 0 Å². The monoisotopic (exact) mass is 509 g/mol. The van der Waals surface area contributed by atoms with Gasteiger partial charge in [-0.2, -0.15) is 0 Å². The Bertz CT molecular complexity index is 1070. The topological polar surface area (TPSA) is 63.2 Å². The summed E-state index contributed by atoms with van der Waals surface area (Å²) in [6.07, 6.45) is -0.168. The molecule has 0 aliphatic carbocycles. The summed E-state index contributed by atoms with van der Waals surface area (Å²) in [5.74, 6) is -0.339. The van der Waals surface area contributed by atoms with Crippen molar-refractivity contribution in [2.24, 2.45) is 4.99 Å². The molecule has 1 aliphatic heterocycles. The molecule has 1 aromatic carbocycles. The maximum atomic E-state index is 13.2. The molecule has 0 unspecified atom stereocenters. The molecule has 0 saturated carbocycles. The molecule has 3 rings (SSSR count). The number of hydrogen-bond donors (Lipinski definition) is 1.